The molecule has 0 aliphatic heterocycles. The Hall–Kier alpha value is -1.31. The molecule has 0 bridgehead atoms. The molecular weight excluding hydrogens is 200 g/mol. The monoisotopic (exact) mass is 220 g/mol. The Kier molecular flexibility index (Phi) is 4.11. The number of benzene rings is 1. The number of carbonyl (C=O) groups excluding carboxylic acids is 1. The van der Waals surface area contributed by atoms with Crippen LogP contribution in [0.5, 0.6) is 0 Å². The summed E-state index contributed by atoms with van der Waals surface area (Å²) in [4.78, 5) is 11.9. The molecule has 88 valence electrons. The Morgan fingerprint density at radius 2 is 1.88 bits per heavy atom. The van der Waals surface area contributed by atoms with E-state index in [1.54, 1.807) is 12.1 Å². The van der Waals surface area contributed by atoms with Gasteiger partial charge in [-0.2, -0.15) is 0 Å². The van der Waals surface area contributed by atoms with Gasteiger partial charge in [0.1, 0.15) is 5.60 Å². The van der Waals surface area contributed by atoms with Crippen molar-refractivity contribution in [2.75, 3.05) is 0 Å². The molecule has 16 heavy (non-hydrogen) atoms. The third kappa shape index (κ3) is 2.84. The van der Waals surface area contributed by atoms with Gasteiger partial charge in [0.2, 0.25) is 0 Å². The van der Waals surface area contributed by atoms with E-state index in [1.165, 1.54) is 0 Å². The second-order valence-corrected chi connectivity index (χ2v) is 4.58. The second-order valence-electron chi connectivity index (χ2n) is 4.58. The van der Waals surface area contributed by atoms with Gasteiger partial charge in [0.15, 0.2) is 0 Å². The van der Waals surface area contributed by atoms with E-state index in [4.69, 9.17) is 4.74 Å². The molecule has 0 saturated heterocycles. The minimum absolute atomic E-state index is 0.237. The fraction of sp³-hybridized carbons (Fsp3) is 0.500. The lowest BCUT2D eigenvalue weighted by Crippen LogP contribution is -2.36. The summed E-state index contributed by atoms with van der Waals surface area (Å²) in [6.45, 7) is 8.17. The third-order valence-corrected chi connectivity index (χ3v) is 3.26. The van der Waals surface area contributed by atoms with Crippen molar-refractivity contribution in [2.45, 2.75) is 39.7 Å². The highest BCUT2D eigenvalue weighted by Gasteiger charge is 2.30. The maximum Gasteiger partial charge on any atom is 0.338 e. The summed E-state index contributed by atoms with van der Waals surface area (Å²) in [5, 5.41) is 0. The van der Waals surface area contributed by atoms with Crippen molar-refractivity contribution in [1.82, 2.24) is 0 Å². The zero-order valence-electron chi connectivity index (χ0n) is 10.5. The lowest BCUT2D eigenvalue weighted by molar-refractivity contribution is -0.0349. The Morgan fingerprint density at radius 3 is 2.31 bits per heavy atom. The van der Waals surface area contributed by atoms with Crippen LogP contribution in [0.3, 0.4) is 0 Å². The van der Waals surface area contributed by atoms with Crippen molar-refractivity contribution in [1.29, 1.82) is 0 Å². The first-order valence-corrected chi connectivity index (χ1v) is 5.78. The Morgan fingerprint density at radius 1 is 1.31 bits per heavy atom. The van der Waals surface area contributed by atoms with Crippen LogP contribution < -0.4 is 0 Å². The highest BCUT2D eigenvalue weighted by molar-refractivity contribution is 5.89. The molecule has 1 rings (SSSR count). The molecular formula is C14H20O2. The van der Waals surface area contributed by atoms with Crippen molar-refractivity contribution in [3.63, 3.8) is 0 Å². The van der Waals surface area contributed by atoms with Crippen LogP contribution in [0.2, 0.25) is 0 Å². The predicted molar refractivity (Wildman–Crippen MR) is 65.4 cm³/mol. The minimum atomic E-state index is -0.382. The Labute approximate surface area is 97.6 Å². The number of ether oxygens (including phenoxy) is 1. The van der Waals surface area contributed by atoms with Crippen LogP contribution in [0.1, 0.15) is 44.5 Å². The molecule has 1 unspecified atom stereocenters. The van der Waals surface area contributed by atoms with Crippen LogP contribution in [0, 0.1) is 5.92 Å². The first kappa shape index (κ1) is 12.8. The maximum absolute atomic E-state index is 11.9. The lowest BCUT2D eigenvalue weighted by Gasteiger charge is -2.32. The van der Waals surface area contributed by atoms with E-state index in [-0.39, 0.29) is 11.6 Å². The molecule has 2 heteroatoms. The summed E-state index contributed by atoms with van der Waals surface area (Å²) in [6, 6.07) is 9.13. The number of hydrogen-bond acceptors (Lipinski definition) is 2. The fourth-order valence-corrected chi connectivity index (χ4v) is 1.44. The van der Waals surface area contributed by atoms with Gasteiger partial charge in [0.25, 0.3) is 0 Å². The van der Waals surface area contributed by atoms with E-state index in [2.05, 4.69) is 13.8 Å². The highest BCUT2D eigenvalue weighted by Crippen LogP contribution is 2.26. The van der Waals surface area contributed by atoms with E-state index in [1.807, 2.05) is 32.0 Å². The highest BCUT2D eigenvalue weighted by atomic mass is 16.6. The largest absolute Gasteiger partial charge is 0.456 e. The second kappa shape index (κ2) is 5.15. The van der Waals surface area contributed by atoms with E-state index >= 15 is 0 Å². The van der Waals surface area contributed by atoms with E-state index < -0.39 is 0 Å². The van der Waals surface area contributed by atoms with Crippen LogP contribution in [0.25, 0.3) is 0 Å². The standard InChI is InChI=1S/C14H20O2/c1-5-14(4,11(2)3)16-13(15)12-9-7-6-8-10-12/h6-11H,5H2,1-4H3. The molecule has 1 atom stereocenters. The molecule has 0 spiro atoms. The smallest absolute Gasteiger partial charge is 0.338 e. The van der Waals surface area contributed by atoms with Crippen LogP contribution in [-0.2, 0) is 4.74 Å². The molecule has 0 aromatic heterocycles. The van der Waals surface area contributed by atoms with Crippen molar-refractivity contribution in [3.05, 3.63) is 35.9 Å². The molecule has 0 radical (unpaired) electrons. The van der Waals surface area contributed by atoms with Crippen molar-refractivity contribution in [2.24, 2.45) is 5.92 Å². The SMILES string of the molecule is CCC(C)(OC(=O)c1ccccc1)C(C)C. The third-order valence-electron chi connectivity index (χ3n) is 3.26. The molecule has 0 amide bonds. The average molecular weight is 220 g/mol. The summed E-state index contributed by atoms with van der Waals surface area (Å²) in [5.74, 6) is 0.0730. The first-order valence-electron chi connectivity index (χ1n) is 5.78. The molecule has 2 nitrogen and oxygen atoms in total. The lowest BCUT2D eigenvalue weighted by atomic mass is 9.89. The van der Waals surface area contributed by atoms with Gasteiger partial charge in [-0.3, -0.25) is 0 Å². The quantitative estimate of drug-likeness (QED) is 0.724. The molecule has 0 N–H and O–H groups in total. The molecule has 1 aromatic carbocycles. The van der Waals surface area contributed by atoms with Crippen LogP contribution >= 0.6 is 0 Å². The van der Waals surface area contributed by atoms with Gasteiger partial charge < -0.3 is 4.74 Å². The fourth-order valence-electron chi connectivity index (χ4n) is 1.44. The molecule has 0 aliphatic carbocycles. The van der Waals surface area contributed by atoms with Gasteiger partial charge in [-0.15, -0.1) is 0 Å². The molecule has 0 aliphatic rings. The summed E-state index contributed by atoms with van der Waals surface area (Å²) >= 11 is 0. The maximum atomic E-state index is 11.9. The summed E-state index contributed by atoms with van der Waals surface area (Å²) in [6.07, 6.45) is 0.823. The van der Waals surface area contributed by atoms with Gasteiger partial charge in [-0.1, -0.05) is 39.0 Å². The number of esters is 1. The van der Waals surface area contributed by atoms with Gasteiger partial charge in [-0.05, 0) is 31.4 Å². The summed E-state index contributed by atoms with van der Waals surface area (Å²) in [7, 11) is 0. The van der Waals surface area contributed by atoms with Crippen molar-refractivity contribution >= 4 is 5.97 Å². The van der Waals surface area contributed by atoms with Gasteiger partial charge in [-0.25, -0.2) is 4.79 Å². The normalized spacial score (nSPS) is 14.6. The van der Waals surface area contributed by atoms with Crippen LogP contribution in [0.4, 0.5) is 0 Å². The first-order chi connectivity index (χ1) is 7.49. The minimum Gasteiger partial charge on any atom is -0.456 e. The Bertz CT molecular complexity index is 343. The summed E-state index contributed by atoms with van der Waals surface area (Å²) < 4.78 is 5.60. The average Bonchev–Trinajstić information content (AvgIpc) is 2.29. The van der Waals surface area contributed by atoms with Gasteiger partial charge >= 0.3 is 5.97 Å². The zero-order chi connectivity index (χ0) is 12.2. The zero-order valence-corrected chi connectivity index (χ0v) is 10.5. The van der Waals surface area contributed by atoms with Crippen molar-refractivity contribution < 1.29 is 9.53 Å². The van der Waals surface area contributed by atoms with E-state index in [0.717, 1.165) is 6.42 Å². The number of carbonyl (C=O) groups is 1. The van der Waals surface area contributed by atoms with Crippen LogP contribution in [0.15, 0.2) is 30.3 Å². The van der Waals surface area contributed by atoms with E-state index in [9.17, 15) is 4.79 Å². The topological polar surface area (TPSA) is 26.3 Å². The van der Waals surface area contributed by atoms with Gasteiger partial charge in [0, 0.05) is 0 Å². The molecule has 0 fully saturated rings. The molecule has 0 heterocycles. The van der Waals surface area contributed by atoms with Gasteiger partial charge in [0.05, 0.1) is 5.56 Å². The van der Waals surface area contributed by atoms with E-state index in [0.29, 0.717) is 11.5 Å². The number of hydrogen-bond donors (Lipinski definition) is 0. The molecule has 0 saturated carbocycles. The van der Waals surface area contributed by atoms with Crippen LogP contribution in [-0.4, -0.2) is 11.6 Å². The van der Waals surface area contributed by atoms with Crippen molar-refractivity contribution in [3.8, 4) is 0 Å². The number of rotatable bonds is 4. The predicted octanol–water partition coefficient (Wildman–Crippen LogP) is 3.67. The summed E-state index contributed by atoms with van der Waals surface area (Å²) in [5.41, 5.74) is 0.232. The Balaban J connectivity index is 2.78. The molecule has 1 aromatic rings.